The van der Waals surface area contributed by atoms with Gasteiger partial charge in [-0.1, -0.05) is 0 Å². The van der Waals surface area contributed by atoms with Crippen molar-refractivity contribution in [3.8, 4) is 0 Å². The quantitative estimate of drug-likeness (QED) is 0.641. The summed E-state index contributed by atoms with van der Waals surface area (Å²) in [5, 5.41) is 15.0. The van der Waals surface area contributed by atoms with E-state index in [1.165, 1.54) is 12.8 Å². The summed E-state index contributed by atoms with van der Waals surface area (Å²) in [6.45, 7) is 4.86. The molecule has 0 unspecified atom stereocenters. The van der Waals surface area contributed by atoms with Gasteiger partial charge in [0.2, 0.25) is 0 Å². The molecule has 0 bridgehead atoms. The molecule has 0 spiro atoms. The van der Waals surface area contributed by atoms with Crippen molar-refractivity contribution in [3.05, 3.63) is 5.82 Å². The van der Waals surface area contributed by atoms with Crippen molar-refractivity contribution in [2.24, 2.45) is 0 Å². The van der Waals surface area contributed by atoms with E-state index < -0.39 is 0 Å². The predicted octanol–water partition coefficient (Wildman–Crippen LogP) is -0.0384. The largest absolute Gasteiger partial charge is 0.380 e. The van der Waals surface area contributed by atoms with Crippen molar-refractivity contribution in [3.63, 3.8) is 0 Å². The SMILES string of the molecule is CCOCCn1nnnc1CNC1CC1. The number of nitrogens with one attached hydrogen (secondary N) is 1. The van der Waals surface area contributed by atoms with E-state index in [1.54, 1.807) is 4.68 Å². The normalized spacial score (nSPS) is 15.8. The van der Waals surface area contributed by atoms with Crippen LogP contribution in [0.2, 0.25) is 0 Å². The van der Waals surface area contributed by atoms with E-state index in [4.69, 9.17) is 4.74 Å². The van der Waals surface area contributed by atoms with Crippen LogP contribution in [0.5, 0.6) is 0 Å². The van der Waals surface area contributed by atoms with E-state index in [-0.39, 0.29) is 0 Å². The molecular formula is C9H17N5O. The van der Waals surface area contributed by atoms with Crippen LogP contribution in [0.15, 0.2) is 0 Å². The fraction of sp³-hybridized carbons (Fsp3) is 0.889. The molecule has 0 aromatic carbocycles. The zero-order valence-electron chi connectivity index (χ0n) is 9.02. The Balaban J connectivity index is 1.78. The fourth-order valence-corrected chi connectivity index (χ4v) is 1.34. The summed E-state index contributed by atoms with van der Waals surface area (Å²) in [4.78, 5) is 0. The Morgan fingerprint density at radius 2 is 2.40 bits per heavy atom. The molecule has 2 rings (SSSR count). The van der Waals surface area contributed by atoms with Crippen molar-refractivity contribution < 1.29 is 4.74 Å². The number of ether oxygens (including phenoxy) is 1. The van der Waals surface area contributed by atoms with Crippen LogP contribution in [-0.2, 0) is 17.8 Å². The van der Waals surface area contributed by atoms with E-state index in [1.807, 2.05) is 6.92 Å². The van der Waals surface area contributed by atoms with Gasteiger partial charge >= 0.3 is 0 Å². The Morgan fingerprint density at radius 3 is 3.13 bits per heavy atom. The van der Waals surface area contributed by atoms with E-state index in [0.29, 0.717) is 12.6 Å². The Labute approximate surface area is 89.0 Å². The number of hydrogen-bond donors (Lipinski definition) is 1. The number of rotatable bonds is 7. The van der Waals surface area contributed by atoms with Gasteiger partial charge in [0.05, 0.1) is 19.7 Å². The molecule has 0 saturated heterocycles. The van der Waals surface area contributed by atoms with Crippen molar-refractivity contribution in [1.29, 1.82) is 0 Å². The van der Waals surface area contributed by atoms with Crippen LogP contribution >= 0.6 is 0 Å². The van der Waals surface area contributed by atoms with Crippen molar-refractivity contribution in [2.45, 2.75) is 38.9 Å². The number of hydrogen-bond acceptors (Lipinski definition) is 5. The minimum Gasteiger partial charge on any atom is -0.380 e. The highest BCUT2D eigenvalue weighted by atomic mass is 16.5. The highest BCUT2D eigenvalue weighted by Crippen LogP contribution is 2.18. The van der Waals surface area contributed by atoms with Crippen LogP contribution in [0.3, 0.4) is 0 Å². The maximum atomic E-state index is 5.26. The lowest BCUT2D eigenvalue weighted by atomic mass is 10.5. The number of tetrazole rings is 1. The van der Waals surface area contributed by atoms with Crippen LogP contribution in [-0.4, -0.2) is 39.5 Å². The van der Waals surface area contributed by atoms with Gasteiger partial charge in [0.1, 0.15) is 0 Å². The molecule has 6 heteroatoms. The molecule has 1 aromatic rings. The van der Waals surface area contributed by atoms with Crippen LogP contribution in [0.25, 0.3) is 0 Å². The Kier molecular flexibility index (Phi) is 3.63. The van der Waals surface area contributed by atoms with Crippen LogP contribution in [0.4, 0.5) is 0 Å². The van der Waals surface area contributed by atoms with Gasteiger partial charge in [0.25, 0.3) is 0 Å². The first-order valence-corrected chi connectivity index (χ1v) is 5.46. The third-order valence-corrected chi connectivity index (χ3v) is 2.38. The molecule has 1 aromatic heterocycles. The number of aromatic nitrogens is 4. The maximum Gasteiger partial charge on any atom is 0.165 e. The smallest absolute Gasteiger partial charge is 0.165 e. The van der Waals surface area contributed by atoms with Crippen molar-refractivity contribution in [1.82, 2.24) is 25.5 Å². The second kappa shape index (κ2) is 5.18. The van der Waals surface area contributed by atoms with Gasteiger partial charge in [-0.05, 0) is 30.2 Å². The van der Waals surface area contributed by atoms with Gasteiger partial charge in [-0.25, -0.2) is 4.68 Å². The number of nitrogens with zero attached hydrogens (tertiary/aromatic N) is 4. The molecule has 0 aliphatic heterocycles. The molecule has 1 heterocycles. The van der Waals surface area contributed by atoms with Crippen LogP contribution in [0, 0.1) is 0 Å². The summed E-state index contributed by atoms with van der Waals surface area (Å²) in [7, 11) is 0. The molecule has 1 aliphatic rings. The molecule has 6 nitrogen and oxygen atoms in total. The lowest BCUT2D eigenvalue weighted by Gasteiger charge is -2.05. The molecular weight excluding hydrogens is 194 g/mol. The zero-order valence-corrected chi connectivity index (χ0v) is 9.02. The predicted molar refractivity (Wildman–Crippen MR) is 54.2 cm³/mol. The lowest BCUT2D eigenvalue weighted by Crippen LogP contribution is -2.20. The molecule has 1 aliphatic carbocycles. The van der Waals surface area contributed by atoms with Crippen molar-refractivity contribution >= 4 is 0 Å². The van der Waals surface area contributed by atoms with Gasteiger partial charge in [-0.2, -0.15) is 0 Å². The first kappa shape index (κ1) is 10.5. The summed E-state index contributed by atoms with van der Waals surface area (Å²) in [6.07, 6.45) is 2.56. The van der Waals surface area contributed by atoms with Gasteiger partial charge in [0, 0.05) is 12.6 Å². The molecule has 0 atom stereocenters. The standard InChI is InChI=1S/C9H17N5O/c1-2-15-6-5-14-9(11-12-13-14)7-10-8-3-4-8/h8,10H,2-7H2,1H3. The second-order valence-corrected chi connectivity index (χ2v) is 3.67. The fourth-order valence-electron chi connectivity index (χ4n) is 1.34. The Bertz CT molecular complexity index is 296. The molecule has 0 amide bonds. The molecule has 0 radical (unpaired) electrons. The van der Waals surface area contributed by atoms with Gasteiger partial charge in [-0.15, -0.1) is 5.10 Å². The van der Waals surface area contributed by atoms with Crippen molar-refractivity contribution in [2.75, 3.05) is 13.2 Å². The molecule has 1 fully saturated rings. The molecule has 1 N–H and O–H groups in total. The minimum absolute atomic E-state index is 0.665. The topological polar surface area (TPSA) is 64.9 Å². The highest BCUT2D eigenvalue weighted by Gasteiger charge is 2.21. The van der Waals surface area contributed by atoms with Gasteiger partial charge in [0.15, 0.2) is 5.82 Å². The van der Waals surface area contributed by atoms with Gasteiger partial charge < -0.3 is 10.1 Å². The third kappa shape index (κ3) is 3.24. The molecule has 1 saturated carbocycles. The third-order valence-electron chi connectivity index (χ3n) is 2.38. The maximum absolute atomic E-state index is 5.26. The zero-order chi connectivity index (χ0) is 10.5. The van der Waals surface area contributed by atoms with Gasteiger partial charge in [-0.3, -0.25) is 0 Å². The first-order chi connectivity index (χ1) is 7.40. The molecule has 84 valence electrons. The summed E-state index contributed by atoms with van der Waals surface area (Å²) in [6, 6.07) is 0.682. The molecule has 15 heavy (non-hydrogen) atoms. The summed E-state index contributed by atoms with van der Waals surface area (Å²) in [5.41, 5.74) is 0. The van der Waals surface area contributed by atoms with E-state index in [2.05, 4.69) is 20.8 Å². The van der Waals surface area contributed by atoms with Crippen LogP contribution < -0.4 is 5.32 Å². The Morgan fingerprint density at radius 1 is 1.53 bits per heavy atom. The summed E-state index contributed by atoms with van der Waals surface area (Å²) < 4.78 is 7.06. The Hall–Kier alpha value is -1.01. The second-order valence-electron chi connectivity index (χ2n) is 3.67. The minimum atomic E-state index is 0.665. The summed E-state index contributed by atoms with van der Waals surface area (Å²) in [5.74, 6) is 0.890. The van der Waals surface area contributed by atoms with E-state index in [0.717, 1.165) is 25.5 Å². The highest BCUT2D eigenvalue weighted by molar-refractivity contribution is 4.86. The van der Waals surface area contributed by atoms with E-state index in [9.17, 15) is 0 Å². The van der Waals surface area contributed by atoms with Crippen LogP contribution in [0.1, 0.15) is 25.6 Å². The monoisotopic (exact) mass is 211 g/mol. The average Bonchev–Trinajstić information content (AvgIpc) is 2.97. The summed E-state index contributed by atoms with van der Waals surface area (Å²) >= 11 is 0. The average molecular weight is 211 g/mol. The first-order valence-electron chi connectivity index (χ1n) is 5.46. The van der Waals surface area contributed by atoms with E-state index >= 15 is 0 Å². The lowest BCUT2D eigenvalue weighted by molar-refractivity contribution is 0.135.